The van der Waals surface area contributed by atoms with Gasteiger partial charge in [0, 0.05) is 12.5 Å². The van der Waals surface area contributed by atoms with Crippen molar-refractivity contribution in [2.75, 3.05) is 13.6 Å². The normalized spacial score (nSPS) is 13.1. The molecule has 0 aromatic rings. The largest absolute Gasteiger partial charge is 0.481 e. The third-order valence-electron chi connectivity index (χ3n) is 2.61. The molecule has 0 aromatic heterocycles. The quantitative estimate of drug-likeness (QED) is 0.613. The maximum Gasteiger partial charge on any atom is 0.303 e. The smallest absolute Gasteiger partial charge is 0.303 e. The maximum atomic E-state index is 10.3. The first-order chi connectivity index (χ1) is 6.57. The lowest BCUT2D eigenvalue weighted by Gasteiger charge is -2.23. The Morgan fingerprint density at radius 2 is 2.07 bits per heavy atom. The molecule has 0 bridgehead atoms. The molecular formula is C11H23NO2. The molecule has 0 aromatic carbocycles. The minimum atomic E-state index is -0.686. The first kappa shape index (κ1) is 13.4. The summed E-state index contributed by atoms with van der Waals surface area (Å²) in [5.41, 5.74) is 0. The van der Waals surface area contributed by atoms with E-state index in [-0.39, 0.29) is 0 Å². The van der Waals surface area contributed by atoms with Gasteiger partial charge in [-0.3, -0.25) is 4.79 Å². The van der Waals surface area contributed by atoms with E-state index in [9.17, 15) is 4.79 Å². The van der Waals surface area contributed by atoms with Gasteiger partial charge in [0.2, 0.25) is 0 Å². The Morgan fingerprint density at radius 1 is 1.43 bits per heavy atom. The van der Waals surface area contributed by atoms with Crippen molar-refractivity contribution in [3.05, 3.63) is 0 Å². The SMILES string of the molecule is CCCC(C)N(C)CCCCC(=O)O. The molecule has 3 nitrogen and oxygen atoms in total. The van der Waals surface area contributed by atoms with Gasteiger partial charge in [-0.2, -0.15) is 0 Å². The molecule has 0 fully saturated rings. The van der Waals surface area contributed by atoms with Crippen molar-refractivity contribution in [2.45, 2.75) is 52.0 Å². The highest BCUT2D eigenvalue weighted by Gasteiger charge is 2.07. The van der Waals surface area contributed by atoms with Gasteiger partial charge in [0.15, 0.2) is 0 Å². The summed E-state index contributed by atoms with van der Waals surface area (Å²) in [5.74, 6) is -0.686. The minimum Gasteiger partial charge on any atom is -0.481 e. The Bertz CT molecular complexity index is 159. The second kappa shape index (κ2) is 7.80. The van der Waals surface area contributed by atoms with Crippen molar-refractivity contribution >= 4 is 5.97 Å². The van der Waals surface area contributed by atoms with Crippen LogP contribution in [0.4, 0.5) is 0 Å². The van der Waals surface area contributed by atoms with E-state index in [2.05, 4.69) is 25.8 Å². The van der Waals surface area contributed by atoms with E-state index >= 15 is 0 Å². The number of carboxylic acids is 1. The number of unbranched alkanes of at least 4 members (excludes halogenated alkanes) is 1. The average Bonchev–Trinajstić information content (AvgIpc) is 2.12. The van der Waals surface area contributed by atoms with Gasteiger partial charge < -0.3 is 10.0 Å². The first-order valence-corrected chi connectivity index (χ1v) is 5.50. The van der Waals surface area contributed by atoms with E-state index in [0.29, 0.717) is 12.5 Å². The van der Waals surface area contributed by atoms with Gasteiger partial charge in [-0.25, -0.2) is 0 Å². The highest BCUT2D eigenvalue weighted by atomic mass is 16.4. The summed E-state index contributed by atoms with van der Waals surface area (Å²) >= 11 is 0. The third-order valence-corrected chi connectivity index (χ3v) is 2.61. The fourth-order valence-electron chi connectivity index (χ4n) is 1.50. The molecule has 0 aliphatic carbocycles. The van der Waals surface area contributed by atoms with E-state index in [0.717, 1.165) is 19.4 Å². The van der Waals surface area contributed by atoms with Crippen molar-refractivity contribution in [3.63, 3.8) is 0 Å². The highest BCUT2D eigenvalue weighted by molar-refractivity contribution is 5.66. The molecule has 1 unspecified atom stereocenters. The standard InChI is InChI=1S/C11H23NO2/c1-4-7-10(2)12(3)9-6-5-8-11(13)14/h10H,4-9H2,1-3H3,(H,13,14). The predicted molar refractivity (Wildman–Crippen MR) is 58.5 cm³/mol. The van der Waals surface area contributed by atoms with Crippen LogP contribution in [0.2, 0.25) is 0 Å². The molecule has 1 atom stereocenters. The van der Waals surface area contributed by atoms with Gasteiger partial charge in [-0.05, 0) is 39.8 Å². The van der Waals surface area contributed by atoms with Gasteiger partial charge >= 0.3 is 5.97 Å². The first-order valence-electron chi connectivity index (χ1n) is 5.50. The Kier molecular flexibility index (Phi) is 7.48. The molecule has 1 N–H and O–H groups in total. The molecule has 84 valence electrons. The Labute approximate surface area is 87.1 Å². The Morgan fingerprint density at radius 3 is 2.57 bits per heavy atom. The molecule has 0 aliphatic rings. The molecule has 0 heterocycles. The van der Waals surface area contributed by atoms with Crippen molar-refractivity contribution < 1.29 is 9.90 Å². The molecule has 0 spiro atoms. The number of aliphatic carboxylic acids is 1. The minimum absolute atomic E-state index is 0.302. The monoisotopic (exact) mass is 201 g/mol. The van der Waals surface area contributed by atoms with E-state index < -0.39 is 5.97 Å². The number of hydrogen-bond acceptors (Lipinski definition) is 2. The van der Waals surface area contributed by atoms with Gasteiger partial charge in [-0.1, -0.05) is 13.3 Å². The summed E-state index contributed by atoms with van der Waals surface area (Å²) in [4.78, 5) is 12.6. The van der Waals surface area contributed by atoms with Crippen molar-refractivity contribution in [3.8, 4) is 0 Å². The van der Waals surface area contributed by atoms with Crippen molar-refractivity contribution in [1.82, 2.24) is 4.90 Å². The molecule has 0 rings (SSSR count). The van der Waals surface area contributed by atoms with Crippen molar-refractivity contribution in [2.24, 2.45) is 0 Å². The van der Waals surface area contributed by atoms with Crippen LogP contribution in [0.1, 0.15) is 46.0 Å². The average molecular weight is 201 g/mol. The van der Waals surface area contributed by atoms with E-state index in [1.165, 1.54) is 12.8 Å². The summed E-state index contributed by atoms with van der Waals surface area (Å²) < 4.78 is 0. The molecule has 0 amide bonds. The number of hydrogen-bond donors (Lipinski definition) is 1. The van der Waals surface area contributed by atoms with Crippen LogP contribution in [0.25, 0.3) is 0 Å². The fraction of sp³-hybridized carbons (Fsp3) is 0.909. The van der Waals surface area contributed by atoms with Gasteiger partial charge in [0.25, 0.3) is 0 Å². The lowest BCUT2D eigenvalue weighted by Crippen LogP contribution is -2.29. The summed E-state index contributed by atoms with van der Waals surface area (Å²) in [7, 11) is 2.11. The predicted octanol–water partition coefficient (Wildman–Crippen LogP) is 2.36. The maximum absolute atomic E-state index is 10.3. The number of carbonyl (C=O) groups is 1. The Hall–Kier alpha value is -0.570. The Balaban J connectivity index is 3.43. The van der Waals surface area contributed by atoms with Gasteiger partial charge in [-0.15, -0.1) is 0 Å². The van der Waals surface area contributed by atoms with Crippen LogP contribution in [0, 0.1) is 0 Å². The molecular weight excluding hydrogens is 178 g/mol. The zero-order valence-electron chi connectivity index (χ0n) is 9.62. The third kappa shape index (κ3) is 6.89. The van der Waals surface area contributed by atoms with Gasteiger partial charge in [0.05, 0.1) is 0 Å². The number of nitrogens with zero attached hydrogens (tertiary/aromatic N) is 1. The lowest BCUT2D eigenvalue weighted by atomic mass is 10.1. The number of rotatable bonds is 8. The molecule has 0 radical (unpaired) electrons. The van der Waals surface area contributed by atoms with Crippen molar-refractivity contribution in [1.29, 1.82) is 0 Å². The summed E-state index contributed by atoms with van der Waals surface area (Å²) in [6.45, 7) is 5.42. The molecule has 3 heteroatoms. The van der Waals surface area contributed by atoms with Crippen LogP contribution < -0.4 is 0 Å². The van der Waals surface area contributed by atoms with E-state index in [1.807, 2.05) is 0 Å². The molecule has 0 saturated heterocycles. The zero-order chi connectivity index (χ0) is 11.0. The zero-order valence-corrected chi connectivity index (χ0v) is 9.62. The molecule has 0 saturated carbocycles. The second-order valence-corrected chi connectivity index (χ2v) is 3.97. The van der Waals surface area contributed by atoms with Crippen LogP contribution in [0.15, 0.2) is 0 Å². The van der Waals surface area contributed by atoms with Crippen LogP contribution in [-0.2, 0) is 4.79 Å². The summed E-state index contributed by atoms with van der Waals surface area (Å²) in [6.07, 6.45) is 4.50. The summed E-state index contributed by atoms with van der Waals surface area (Å²) in [6, 6.07) is 0.616. The fourth-order valence-corrected chi connectivity index (χ4v) is 1.50. The van der Waals surface area contributed by atoms with E-state index in [1.54, 1.807) is 0 Å². The molecule has 14 heavy (non-hydrogen) atoms. The topological polar surface area (TPSA) is 40.5 Å². The highest BCUT2D eigenvalue weighted by Crippen LogP contribution is 2.06. The van der Waals surface area contributed by atoms with Crippen LogP contribution in [-0.4, -0.2) is 35.6 Å². The van der Waals surface area contributed by atoms with Crippen LogP contribution in [0.5, 0.6) is 0 Å². The lowest BCUT2D eigenvalue weighted by molar-refractivity contribution is -0.137. The van der Waals surface area contributed by atoms with Crippen LogP contribution in [0.3, 0.4) is 0 Å². The van der Waals surface area contributed by atoms with E-state index in [4.69, 9.17) is 5.11 Å². The summed E-state index contributed by atoms with van der Waals surface area (Å²) in [5, 5.41) is 8.46. The van der Waals surface area contributed by atoms with Gasteiger partial charge in [0.1, 0.15) is 0 Å². The number of carboxylic acid groups (broad SMARTS) is 1. The molecule has 0 aliphatic heterocycles. The second-order valence-electron chi connectivity index (χ2n) is 3.97. The van der Waals surface area contributed by atoms with Crippen LogP contribution >= 0.6 is 0 Å².